The minimum Gasteiger partial charge on any atom is -0.333 e. The van der Waals surface area contributed by atoms with Crippen LogP contribution >= 0.6 is 11.8 Å². The number of thioether (sulfide) groups is 1. The van der Waals surface area contributed by atoms with E-state index in [0.717, 1.165) is 18.0 Å². The Balaban J connectivity index is 1.68. The normalized spacial score (nSPS) is 12.5. The first-order chi connectivity index (χ1) is 13.8. The number of nitrogens with one attached hydrogen (secondary N) is 3. The molecule has 29 heavy (non-hydrogen) atoms. The van der Waals surface area contributed by atoms with Crippen molar-refractivity contribution in [2.75, 3.05) is 5.32 Å². The first-order valence-corrected chi connectivity index (χ1v) is 11.2. The highest BCUT2D eigenvalue weighted by Gasteiger charge is 2.21. The van der Waals surface area contributed by atoms with E-state index < -0.39 is 15.9 Å². The van der Waals surface area contributed by atoms with E-state index in [4.69, 9.17) is 0 Å². The van der Waals surface area contributed by atoms with E-state index >= 15 is 0 Å². The maximum Gasteiger partial charge on any atom is 0.264 e. The van der Waals surface area contributed by atoms with Crippen molar-refractivity contribution in [3.63, 3.8) is 0 Å². The number of benzene rings is 2. The molecular weight excluding hydrogens is 412 g/mol. The van der Waals surface area contributed by atoms with Gasteiger partial charge in [-0.2, -0.15) is 0 Å². The van der Waals surface area contributed by atoms with Crippen LogP contribution in [0.3, 0.4) is 0 Å². The number of hydrogen-bond donors (Lipinski definition) is 3. The molecule has 8 nitrogen and oxygen atoms in total. The monoisotopic (exact) mass is 432 g/mol. The molecule has 0 spiro atoms. The number of nitrogens with zero attached hydrogens (tertiary/aromatic N) is 1. The lowest BCUT2D eigenvalue weighted by atomic mass is 10.3. The average molecular weight is 433 g/mol. The smallest absolute Gasteiger partial charge is 0.264 e. The van der Waals surface area contributed by atoms with Gasteiger partial charge in [0, 0.05) is 12.6 Å². The van der Waals surface area contributed by atoms with E-state index in [2.05, 4.69) is 15.3 Å². The molecule has 0 bridgehead atoms. The molecule has 0 aliphatic heterocycles. The van der Waals surface area contributed by atoms with Gasteiger partial charge in [0.25, 0.3) is 10.0 Å². The van der Waals surface area contributed by atoms with Crippen molar-refractivity contribution >= 4 is 50.3 Å². The van der Waals surface area contributed by atoms with Crippen molar-refractivity contribution in [2.24, 2.45) is 0 Å². The zero-order valence-electron chi connectivity index (χ0n) is 15.8. The fraction of sp³-hybridized carbons (Fsp3) is 0.211. The molecule has 2 aromatic carbocycles. The van der Waals surface area contributed by atoms with Gasteiger partial charge in [0.1, 0.15) is 0 Å². The molecule has 0 saturated heterocycles. The van der Waals surface area contributed by atoms with Crippen LogP contribution in [0.1, 0.15) is 20.3 Å². The summed E-state index contributed by atoms with van der Waals surface area (Å²) in [6.45, 7) is 3.03. The molecule has 152 valence electrons. The van der Waals surface area contributed by atoms with Gasteiger partial charge in [0.2, 0.25) is 11.8 Å². The number of aromatic amines is 1. The number of carbonyl (C=O) groups excluding carboxylic acids is 2. The Morgan fingerprint density at radius 1 is 1.14 bits per heavy atom. The number of imidazole rings is 1. The van der Waals surface area contributed by atoms with Gasteiger partial charge < -0.3 is 10.3 Å². The molecule has 3 aromatic rings. The van der Waals surface area contributed by atoms with E-state index in [-0.39, 0.29) is 16.1 Å². The largest absolute Gasteiger partial charge is 0.333 e. The molecule has 0 aliphatic rings. The van der Waals surface area contributed by atoms with Crippen molar-refractivity contribution in [3.05, 3.63) is 48.5 Å². The second-order valence-corrected chi connectivity index (χ2v) is 9.12. The summed E-state index contributed by atoms with van der Waals surface area (Å²) in [6.07, 6.45) is 0.586. The SMILES string of the molecule is CCC(Sc1nc2ccccc2[nH]1)C(=O)Nc1ccc(S(=O)(=O)NC(C)=O)cc1. The highest BCUT2D eigenvalue weighted by molar-refractivity contribution is 8.00. The fourth-order valence-electron chi connectivity index (χ4n) is 2.63. The molecule has 10 heteroatoms. The van der Waals surface area contributed by atoms with Crippen LogP contribution in [0.4, 0.5) is 5.69 Å². The number of hydrogen-bond acceptors (Lipinski definition) is 6. The highest BCUT2D eigenvalue weighted by atomic mass is 32.2. The van der Waals surface area contributed by atoms with Crippen LogP contribution in [0.2, 0.25) is 0 Å². The minimum atomic E-state index is -3.91. The minimum absolute atomic E-state index is 0.0607. The number of sulfonamides is 1. The number of rotatable bonds is 7. The van der Waals surface area contributed by atoms with E-state index in [1.54, 1.807) is 0 Å². The topological polar surface area (TPSA) is 121 Å². The second-order valence-electron chi connectivity index (χ2n) is 6.25. The molecule has 3 N–H and O–H groups in total. The highest BCUT2D eigenvalue weighted by Crippen LogP contribution is 2.26. The molecule has 0 saturated carbocycles. The van der Waals surface area contributed by atoms with Crippen LogP contribution in [0.25, 0.3) is 11.0 Å². The number of anilines is 1. The van der Waals surface area contributed by atoms with Crippen molar-refractivity contribution < 1.29 is 18.0 Å². The standard InChI is InChI=1S/C19H20N4O4S2/c1-3-17(28-19-21-15-6-4-5-7-16(15)22-19)18(25)20-13-8-10-14(11-9-13)29(26,27)23-12(2)24/h4-11,17H,3H2,1-2H3,(H,20,25)(H,21,22)(H,23,24). The van der Waals surface area contributed by atoms with Crippen LogP contribution in [-0.2, 0) is 19.6 Å². The predicted molar refractivity (Wildman–Crippen MR) is 112 cm³/mol. The Morgan fingerprint density at radius 2 is 1.83 bits per heavy atom. The second kappa shape index (κ2) is 8.66. The number of aromatic nitrogens is 2. The number of fused-ring (bicyclic) bond motifs is 1. The summed E-state index contributed by atoms with van der Waals surface area (Å²) in [5.74, 6) is -0.883. The summed E-state index contributed by atoms with van der Waals surface area (Å²) in [7, 11) is -3.91. The summed E-state index contributed by atoms with van der Waals surface area (Å²) in [4.78, 5) is 31.3. The number of para-hydroxylation sites is 2. The molecule has 1 aromatic heterocycles. The van der Waals surface area contributed by atoms with Crippen LogP contribution in [0.5, 0.6) is 0 Å². The van der Waals surface area contributed by atoms with E-state index in [0.29, 0.717) is 17.3 Å². The van der Waals surface area contributed by atoms with Gasteiger partial charge in [-0.15, -0.1) is 0 Å². The lowest BCUT2D eigenvalue weighted by molar-refractivity contribution is -0.117. The van der Waals surface area contributed by atoms with Crippen molar-refractivity contribution in [1.29, 1.82) is 0 Å². The molecule has 0 aliphatic carbocycles. The van der Waals surface area contributed by atoms with E-state index in [9.17, 15) is 18.0 Å². The lowest BCUT2D eigenvalue weighted by Gasteiger charge is -2.13. The summed E-state index contributed by atoms with van der Waals surface area (Å²) in [6, 6.07) is 13.2. The summed E-state index contributed by atoms with van der Waals surface area (Å²) < 4.78 is 25.8. The molecule has 3 rings (SSSR count). The van der Waals surface area contributed by atoms with Crippen molar-refractivity contribution in [2.45, 2.75) is 35.6 Å². The third-order valence-electron chi connectivity index (χ3n) is 4.00. The van der Waals surface area contributed by atoms with Crippen molar-refractivity contribution in [3.8, 4) is 0 Å². The summed E-state index contributed by atoms with van der Waals surface area (Å²) in [5.41, 5.74) is 2.20. The molecule has 1 unspecified atom stereocenters. The molecule has 2 amide bonds. The number of H-pyrrole nitrogens is 1. The Labute approximate surface area is 172 Å². The van der Waals surface area contributed by atoms with Gasteiger partial charge in [-0.25, -0.2) is 18.1 Å². The molecule has 0 fully saturated rings. The van der Waals surface area contributed by atoms with E-state index in [1.165, 1.54) is 36.0 Å². The predicted octanol–water partition coefficient (Wildman–Crippen LogP) is 2.90. The van der Waals surface area contributed by atoms with Gasteiger partial charge in [0.15, 0.2) is 5.16 Å². The third kappa shape index (κ3) is 5.15. The quantitative estimate of drug-likeness (QED) is 0.494. The Morgan fingerprint density at radius 3 is 2.45 bits per heavy atom. The first-order valence-electron chi connectivity index (χ1n) is 8.84. The Hall–Kier alpha value is -2.85. The van der Waals surface area contributed by atoms with E-state index in [1.807, 2.05) is 35.9 Å². The van der Waals surface area contributed by atoms with Gasteiger partial charge in [0.05, 0.1) is 21.2 Å². The molecule has 1 atom stereocenters. The summed E-state index contributed by atoms with van der Waals surface area (Å²) >= 11 is 1.33. The zero-order chi connectivity index (χ0) is 21.0. The van der Waals surface area contributed by atoms with Gasteiger partial charge in [-0.3, -0.25) is 9.59 Å². The van der Waals surface area contributed by atoms with Gasteiger partial charge in [-0.1, -0.05) is 30.8 Å². The average Bonchev–Trinajstić information content (AvgIpc) is 3.08. The first kappa shape index (κ1) is 20.9. The van der Waals surface area contributed by atoms with Gasteiger partial charge >= 0.3 is 0 Å². The van der Waals surface area contributed by atoms with Gasteiger partial charge in [-0.05, 0) is 42.8 Å². The Bertz CT molecular complexity index is 1110. The zero-order valence-corrected chi connectivity index (χ0v) is 17.4. The number of amides is 2. The summed E-state index contributed by atoms with van der Waals surface area (Å²) in [5, 5.41) is 3.06. The molecule has 0 radical (unpaired) electrons. The van der Waals surface area contributed by atoms with Crippen molar-refractivity contribution in [1.82, 2.24) is 14.7 Å². The lowest BCUT2D eigenvalue weighted by Crippen LogP contribution is -2.28. The maximum absolute atomic E-state index is 12.6. The number of carbonyl (C=O) groups is 2. The maximum atomic E-state index is 12.6. The molecule has 1 heterocycles. The Kier molecular flexibility index (Phi) is 6.23. The van der Waals surface area contributed by atoms with Crippen LogP contribution in [-0.4, -0.2) is 35.5 Å². The van der Waals surface area contributed by atoms with Crippen LogP contribution in [0.15, 0.2) is 58.6 Å². The van der Waals surface area contributed by atoms with Crippen LogP contribution in [0, 0.1) is 0 Å². The molecular formula is C19H20N4O4S2. The van der Waals surface area contributed by atoms with Crippen LogP contribution < -0.4 is 10.0 Å². The third-order valence-corrected chi connectivity index (χ3v) is 6.69. The fourth-order valence-corrected chi connectivity index (χ4v) is 4.54.